The molecular formula is C17H20O3. The van der Waals surface area contributed by atoms with E-state index in [1.807, 2.05) is 51.1 Å². The molecule has 2 atom stereocenters. The smallest absolute Gasteiger partial charge is 0.337 e. The molecule has 1 heterocycles. The summed E-state index contributed by atoms with van der Waals surface area (Å²) in [7, 11) is 0. The Kier molecular flexibility index (Phi) is 4.46. The third kappa shape index (κ3) is 4.11. The Morgan fingerprint density at radius 2 is 2.00 bits per heavy atom. The second-order valence-corrected chi connectivity index (χ2v) is 5.86. The van der Waals surface area contributed by atoms with Crippen molar-refractivity contribution in [1.82, 2.24) is 0 Å². The van der Waals surface area contributed by atoms with Gasteiger partial charge >= 0.3 is 5.97 Å². The Morgan fingerprint density at radius 1 is 1.30 bits per heavy atom. The summed E-state index contributed by atoms with van der Waals surface area (Å²) < 4.78 is 10.9. The Morgan fingerprint density at radius 3 is 2.65 bits per heavy atom. The molecule has 3 heteroatoms. The Hall–Kier alpha value is -1.79. The van der Waals surface area contributed by atoms with Crippen LogP contribution in [0.1, 0.15) is 32.8 Å². The van der Waals surface area contributed by atoms with Crippen LogP contribution in [0.4, 0.5) is 0 Å². The lowest BCUT2D eigenvalue weighted by Crippen LogP contribution is -2.34. The first-order valence-electron chi connectivity index (χ1n) is 6.87. The minimum Gasteiger partial charge on any atom is -0.458 e. The average Bonchev–Trinajstić information content (AvgIpc) is 2.84. The molecule has 20 heavy (non-hydrogen) atoms. The van der Waals surface area contributed by atoms with E-state index in [9.17, 15) is 4.79 Å². The summed E-state index contributed by atoms with van der Waals surface area (Å²) in [6.45, 7) is 6.11. The van der Waals surface area contributed by atoms with Gasteiger partial charge in [-0.25, -0.2) is 4.79 Å². The van der Waals surface area contributed by atoms with Crippen LogP contribution in [0.3, 0.4) is 0 Å². The van der Waals surface area contributed by atoms with Gasteiger partial charge in [0.25, 0.3) is 0 Å². The molecule has 0 bridgehead atoms. The minimum absolute atomic E-state index is 0.0925. The van der Waals surface area contributed by atoms with E-state index in [0.717, 1.165) is 12.0 Å². The topological polar surface area (TPSA) is 35.5 Å². The summed E-state index contributed by atoms with van der Waals surface area (Å²) in [4.78, 5) is 12.1. The molecule has 0 radical (unpaired) electrons. The van der Waals surface area contributed by atoms with Crippen LogP contribution in [0.25, 0.3) is 0 Å². The second-order valence-electron chi connectivity index (χ2n) is 5.86. The van der Waals surface area contributed by atoms with Gasteiger partial charge in [-0.1, -0.05) is 30.0 Å². The quantitative estimate of drug-likeness (QED) is 0.582. The van der Waals surface area contributed by atoms with Crippen LogP contribution >= 0.6 is 0 Å². The van der Waals surface area contributed by atoms with E-state index in [1.165, 1.54) is 0 Å². The SMILES string of the molecule is CC(C)(C)OC(=O)[C@@H]1OCC[C@H]1C#Cc1ccccc1. The number of hydrogen-bond donors (Lipinski definition) is 0. The largest absolute Gasteiger partial charge is 0.458 e. The Labute approximate surface area is 120 Å². The van der Waals surface area contributed by atoms with Gasteiger partial charge in [0.15, 0.2) is 6.10 Å². The van der Waals surface area contributed by atoms with Crippen molar-refractivity contribution in [3.63, 3.8) is 0 Å². The number of carbonyl (C=O) groups is 1. The van der Waals surface area contributed by atoms with Gasteiger partial charge in [0.1, 0.15) is 5.60 Å². The summed E-state index contributed by atoms with van der Waals surface area (Å²) in [6, 6.07) is 9.74. The van der Waals surface area contributed by atoms with Crippen LogP contribution in [0.15, 0.2) is 30.3 Å². The fourth-order valence-corrected chi connectivity index (χ4v) is 2.03. The van der Waals surface area contributed by atoms with Gasteiger partial charge < -0.3 is 9.47 Å². The lowest BCUT2D eigenvalue weighted by molar-refractivity contribution is -0.166. The van der Waals surface area contributed by atoms with Crippen molar-refractivity contribution in [3.05, 3.63) is 35.9 Å². The molecule has 0 aromatic heterocycles. The predicted octanol–water partition coefficient (Wildman–Crippen LogP) is 2.78. The van der Waals surface area contributed by atoms with Gasteiger partial charge in [-0.3, -0.25) is 0 Å². The zero-order chi connectivity index (χ0) is 14.6. The van der Waals surface area contributed by atoms with Gasteiger partial charge in [0.2, 0.25) is 0 Å². The van der Waals surface area contributed by atoms with E-state index in [2.05, 4.69) is 11.8 Å². The number of carbonyl (C=O) groups excluding carboxylic acids is 1. The maximum Gasteiger partial charge on any atom is 0.337 e. The zero-order valence-electron chi connectivity index (χ0n) is 12.2. The molecule has 0 amide bonds. The number of rotatable bonds is 1. The van der Waals surface area contributed by atoms with Crippen molar-refractivity contribution < 1.29 is 14.3 Å². The monoisotopic (exact) mass is 272 g/mol. The molecule has 106 valence electrons. The third-order valence-corrected chi connectivity index (χ3v) is 2.91. The zero-order valence-corrected chi connectivity index (χ0v) is 12.2. The van der Waals surface area contributed by atoms with Crippen molar-refractivity contribution in [2.45, 2.75) is 38.9 Å². The first-order valence-corrected chi connectivity index (χ1v) is 6.87. The highest BCUT2D eigenvalue weighted by Crippen LogP contribution is 2.23. The standard InChI is InChI=1S/C17H20O3/c1-17(2,3)20-16(18)15-14(11-12-19-15)10-9-13-7-5-4-6-8-13/h4-8,14-15H,11-12H2,1-3H3/t14-,15-/m1/s1. The van der Waals surface area contributed by atoms with Crippen molar-refractivity contribution in [1.29, 1.82) is 0 Å². The molecule has 1 aromatic rings. The fourth-order valence-electron chi connectivity index (χ4n) is 2.03. The van der Waals surface area contributed by atoms with Gasteiger partial charge in [0.05, 0.1) is 5.92 Å². The number of hydrogen-bond acceptors (Lipinski definition) is 3. The summed E-state index contributed by atoms with van der Waals surface area (Å²) in [6.07, 6.45) is 0.203. The Bertz CT molecular complexity index is 517. The molecule has 1 aliphatic rings. The lowest BCUT2D eigenvalue weighted by Gasteiger charge is -2.22. The highest BCUT2D eigenvalue weighted by Gasteiger charge is 2.36. The number of esters is 1. The normalized spacial score (nSPS) is 21.9. The van der Waals surface area contributed by atoms with Crippen LogP contribution in [0, 0.1) is 17.8 Å². The van der Waals surface area contributed by atoms with Crippen LogP contribution < -0.4 is 0 Å². The molecular weight excluding hydrogens is 252 g/mol. The van der Waals surface area contributed by atoms with Crippen LogP contribution in [-0.2, 0) is 14.3 Å². The molecule has 1 aliphatic heterocycles. The maximum atomic E-state index is 12.1. The highest BCUT2D eigenvalue weighted by molar-refractivity contribution is 5.76. The van der Waals surface area contributed by atoms with Crippen molar-refractivity contribution in [2.24, 2.45) is 5.92 Å². The van der Waals surface area contributed by atoms with Gasteiger partial charge in [-0.2, -0.15) is 0 Å². The molecule has 1 saturated heterocycles. The maximum absolute atomic E-state index is 12.1. The highest BCUT2D eigenvalue weighted by atomic mass is 16.6. The van der Waals surface area contributed by atoms with Crippen molar-refractivity contribution in [3.8, 4) is 11.8 Å². The summed E-state index contributed by atoms with van der Waals surface area (Å²) >= 11 is 0. The van der Waals surface area contributed by atoms with Gasteiger partial charge in [-0.05, 0) is 39.3 Å². The molecule has 0 saturated carbocycles. The molecule has 3 nitrogen and oxygen atoms in total. The van der Waals surface area contributed by atoms with Crippen LogP contribution in [0.2, 0.25) is 0 Å². The predicted molar refractivity (Wildman–Crippen MR) is 77.0 cm³/mol. The first kappa shape index (κ1) is 14.6. The van der Waals surface area contributed by atoms with Gasteiger partial charge in [0, 0.05) is 12.2 Å². The molecule has 0 aliphatic carbocycles. The van der Waals surface area contributed by atoms with E-state index < -0.39 is 11.7 Å². The average molecular weight is 272 g/mol. The van der Waals surface area contributed by atoms with E-state index in [0.29, 0.717) is 6.61 Å². The van der Waals surface area contributed by atoms with Crippen molar-refractivity contribution in [2.75, 3.05) is 6.61 Å². The second kappa shape index (κ2) is 6.11. The van der Waals surface area contributed by atoms with E-state index in [1.54, 1.807) is 0 Å². The van der Waals surface area contributed by atoms with Crippen LogP contribution in [-0.4, -0.2) is 24.3 Å². The minimum atomic E-state index is -0.564. The number of benzene rings is 1. The summed E-state index contributed by atoms with van der Waals surface area (Å²) in [5.41, 5.74) is 0.447. The third-order valence-electron chi connectivity index (χ3n) is 2.91. The lowest BCUT2D eigenvalue weighted by atomic mass is 10.0. The summed E-state index contributed by atoms with van der Waals surface area (Å²) in [5, 5.41) is 0. The molecule has 0 N–H and O–H groups in total. The molecule has 0 unspecified atom stereocenters. The molecule has 2 rings (SSSR count). The van der Waals surface area contributed by atoms with E-state index >= 15 is 0 Å². The first-order chi connectivity index (χ1) is 9.46. The Balaban J connectivity index is 2.05. The fraction of sp³-hybridized carbons (Fsp3) is 0.471. The van der Waals surface area contributed by atoms with E-state index in [4.69, 9.17) is 9.47 Å². The summed E-state index contributed by atoms with van der Waals surface area (Å²) in [5.74, 6) is 5.83. The van der Waals surface area contributed by atoms with Crippen LogP contribution in [0.5, 0.6) is 0 Å². The van der Waals surface area contributed by atoms with E-state index in [-0.39, 0.29) is 11.9 Å². The molecule has 0 spiro atoms. The molecule has 1 aromatic carbocycles. The van der Waals surface area contributed by atoms with Gasteiger partial charge in [-0.15, -0.1) is 0 Å². The molecule has 1 fully saturated rings. The van der Waals surface area contributed by atoms with Crippen molar-refractivity contribution >= 4 is 5.97 Å². The number of ether oxygens (including phenoxy) is 2.